The number of carbonyl (C=O) groups excluding carboxylic acids is 1. The number of likely N-dealkylation sites (tertiary alicyclic amines) is 1. The summed E-state index contributed by atoms with van der Waals surface area (Å²) < 4.78 is 11.4. The Kier molecular flexibility index (Phi) is 5.63. The molecule has 142 valence electrons. The molecule has 0 aliphatic carbocycles. The number of benzene rings is 1. The normalized spacial score (nSPS) is 22.6. The molecular weight excluding hydrogens is 342 g/mol. The van der Waals surface area contributed by atoms with Crippen LogP contribution in [0.25, 0.3) is 11.3 Å². The molecule has 2 aliphatic heterocycles. The molecule has 4 rings (SSSR count). The quantitative estimate of drug-likeness (QED) is 0.813. The molecule has 2 aromatic rings. The maximum Gasteiger partial charge on any atom is 0.251 e. The van der Waals surface area contributed by atoms with E-state index < -0.39 is 0 Å². The van der Waals surface area contributed by atoms with E-state index in [0.29, 0.717) is 25.0 Å². The summed E-state index contributed by atoms with van der Waals surface area (Å²) in [5.74, 6) is 0.993. The van der Waals surface area contributed by atoms with Crippen molar-refractivity contribution in [3.05, 3.63) is 42.5 Å². The Morgan fingerprint density at radius 3 is 2.74 bits per heavy atom. The van der Waals surface area contributed by atoms with Crippen molar-refractivity contribution in [1.29, 1.82) is 0 Å². The van der Waals surface area contributed by atoms with E-state index in [-0.39, 0.29) is 12.0 Å². The second-order valence-corrected chi connectivity index (χ2v) is 7.23. The lowest BCUT2D eigenvalue weighted by Gasteiger charge is -2.26. The van der Waals surface area contributed by atoms with Gasteiger partial charge in [-0.25, -0.2) is 0 Å². The van der Waals surface area contributed by atoms with Crippen LogP contribution in [0.2, 0.25) is 0 Å². The fourth-order valence-electron chi connectivity index (χ4n) is 3.67. The van der Waals surface area contributed by atoms with Gasteiger partial charge in [0.25, 0.3) is 5.91 Å². The third-order valence-electron chi connectivity index (χ3n) is 5.23. The molecule has 2 fully saturated rings. The van der Waals surface area contributed by atoms with E-state index >= 15 is 0 Å². The van der Waals surface area contributed by atoms with Crippen LogP contribution < -0.4 is 4.74 Å². The van der Waals surface area contributed by atoms with Gasteiger partial charge in [-0.3, -0.25) is 4.79 Å². The molecule has 2 atom stereocenters. The van der Waals surface area contributed by atoms with Crippen molar-refractivity contribution in [3.63, 3.8) is 0 Å². The molecule has 0 bridgehead atoms. The number of nitrogens with zero attached hydrogens (tertiary/aromatic N) is 3. The van der Waals surface area contributed by atoms with E-state index in [0.717, 1.165) is 50.0 Å². The van der Waals surface area contributed by atoms with Gasteiger partial charge < -0.3 is 14.4 Å². The predicted molar refractivity (Wildman–Crippen MR) is 101 cm³/mol. The van der Waals surface area contributed by atoms with Gasteiger partial charge in [0, 0.05) is 37.2 Å². The number of hydrogen-bond donors (Lipinski definition) is 0. The minimum absolute atomic E-state index is 0.143. The molecule has 0 N–H and O–H groups in total. The first-order valence-corrected chi connectivity index (χ1v) is 9.72. The van der Waals surface area contributed by atoms with Gasteiger partial charge in [0.1, 0.15) is 6.10 Å². The van der Waals surface area contributed by atoms with E-state index in [1.165, 1.54) is 0 Å². The first-order chi connectivity index (χ1) is 13.3. The molecule has 1 aromatic heterocycles. The van der Waals surface area contributed by atoms with Gasteiger partial charge in [0.15, 0.2) is 0 Å². The third kappa shape index (κ3) is 4.45. The maximum absolute atomic E-state index is 12.5. The number of rotatable bonds is 5. The third-order valence-corrected chi connectivity index (χ3v) is 5.23. The van der Waals surface area contributed by atoms with Crippen molar-refractivity contribution >= 4 is 5.91 Å². The van der Waals surface area contributed by atoms with Crippen molar-refractivity contribution in [3.8, 4) is 17.1 Å². The number of amides is 1. The van der Waals surface area contributed by atoms with Crippen LogP contribution >= 0.6 is 0 Å². The van der Waals surface area contributed by atoms with Crippen LogP contribution in [0.4, 0.5) is 0 Å². The first-order valence-electron chi connectivity index (χ1n) is 9.72. The van der Waals surface area contributed by atoms with Gasteiger partial charge in [-0.15, -0.1) is 10.2 Å². The summed E-state index contributed by atoms with van der Waals surface area (Å²) in [7, 11) is 0. The fraction of sp³-hybridized carbons (Fsp3) is 0.476. The summed E-state index contributed by atoms with van der Waals surface area (Å²) in [6.45, 7) is 2.77. The Labute approximate surface area is 159 Å². The molecule has 27 heavy (non-hydrogen) atoms. The highest BCUT2D eigenvalue weighted by Gasteiger charge is 2.32. The highest BCUT2D eigenvalue weighted by molar-refractivity contribution is 5.81. The molecule has 0 spiro atoms. The lowest BCUT2D eigenvalue weighted by Crippen LogP contribution is -2.40. The van der Waals surface area contributed by atoms with E-state index in [2.05, 4.69) is 10.2 Å². The average Bonchev–Trinajstić information content (AvgIpc) is 3.22. The largest absolute Gasteiger partial charge is 0.476 e. The average molecular weight is 367 g/mol. The van der Waals surface area contributed by atoms with Gasteiger partial charge in [-0.05, 0) is 31.7 Å². The summed E-state index contributed by atoms with van der Waals surface area (Å²) >= 11 is 0. The van der Waals surface area contributed by atoms with Gasteiger partial charge in [-0.1, -0.05) is 30.3 Å². The zero-order chi connectivity index (χ0) is 18.5. The van der Waals surface area contributed by atoms with Crippen LogP contribution in [0.1, 0.15) is 25.7 Å². The van der Waals surface area contributed by atoms with E-state index in [1.807, 2.05) is 47.4 Å². The molecule has 2 unspecified atom stereocenters. The van der Waals surface area contributed by atoms with Gasteiger partial charge in [0.2, 0.25) is 5.88 Å². The molecule has 0 radical (unpaired) electrons. The van der Waals surface area contributed by atoms with Crippen molar-refractivity contribution in [2.24, 2.45) is 5.92 Å². The number of ether oxygens (including phenoxy) is 2. The molecule has 3 heterocycles. The summed E-state index contributed by atoms with van der Waals surface area (Å²) in [6.07, 6.45) is 3.70. The van der Waals surface area contributed by atoms with Crippen LogP contribution in [0, 0.1) is 5.92 Å². The zero-order valence-corrected chi connectivity index (χ0v) is 15.4. The van der Waals surface area contributed by atoms with E-state index in [9.17, 15) is 4.79 Å². The van der Waals surface area contributed by atoms with E-state index in [4.69, 9.17) is 9.47 Å². The minimum atomic E-state index is -0.241. The fourth-order valence-corrected chi connectivity index (χ4v) is 3.67. The van der Waals surface area contributed by atoms with Gasteiger partial charge in [0.05, 0.1) is 12.3 Å². The Morgan fingerprint density at radius 1 is 1.11 bits per heavy atom. The lowest BCUT2D eigenvalue weighted by molar-refractivity contribution is -0.145. The summed E-state index contributed by atoms with van der Waals surface area (Å²) in [5.41, 5.74) is 1.86. The van der Waals surface area contributed by atoms with Crippen molar-refractivity contribution < 1.29 is 14.3 Å². The van der Waals surface area contributed by atoms with Crippen LogP contribution in [-0.4, -0.2) is 53.4 Å². The Morgan fingerprint density at radius 2 is 2.00 bits per heavy atom. The SMILES string of the molecule is O=C(C1CCCCO1)N1CCC(COc2ccc(-c3ccccc3)nn2)C1. The highest BCUT2D eigenvalue weighted by atomic mass is 16.5. The lowest BCUT2D eigenvalue weighted by atomic mass is 10.1. The summed E-state index contributed by atoms with van der Waals surface area (Å²) in [5, 5.41) is 8.41. The Balaban J connectivity index is 1.26. The summed E-state index contributed by atoms with van der Waals surface area (Å²) in [6, 6.07) is 13.7. The Bertz CT molecular complexity index is 745. The second-order valence-electron chi connectivity index (χ2n) is 7.23. The van der Waals surface area contributed by atoms with Crippen molar-refractivity contribution in [2.45, 2.75) is 31.8 Å². The van der Waals surface area contributed by atoms with Crippen LogP contribution in [0.3, 0.4) is 0 Å². The molecular formula is C21H25N3O3. The summed E-state index contributed by atoms with van der Waals surface area (Å²) in [4.78, 5) is 14.5. The van der Waals surface area contributed by atoms with Crippen LogP contribution in [-0.2, 0) is 9.53 Å². The smallest absolute Gasteiger partial charge is 0.251 e. The molecule has 6 nitrogen and oxygen atoms in total. The molecule has 6 heteroatoms. The van der Waals surface area contributed by atoms with Crippen LogP contribution in [0.5, 0.6) is 5.88 Å². The standard InChI is InChI=1S/C21H25N3O3/c25-21(19-8-4-5-13-26-19)24-12-11-16(14-24)15-27-20-10-9-18(22-23-20)17-6-2-1-3-7-17/h1-3,6-7,9-10,16,19H,4-5,8,11-15H2. The van der Waals surface area contributed by atoms with E-state index in [1.54, 1.807) is 0 Å². The first kappa shape index (κ1) is 17.9. The molecule has 2 aliphatic rings. The predicted octanol–water partition coefficient (Wildman–Crippen LogP) is 2.94. The topological polar surface area (TPSA) is 64.5 Å². The molecule has 2 saturated heterocycles. The number of carbonyl (C=O) groups is 1. The molecule has 0 saturated carbocycles. The van der Waals surface area contributed by atoms with Gasteiger partial charge in [-0.2, -0.15) is 0 Å². The Hall–Kier alpha value is -2.47. The molecule has 1 aromatic carbocycles. The van der Waals surface area contributed by atoms with Crippen LogP contribution in [0.15, 0.2) is 42.5 Å². The highest BCUT2D eigenvalue weighted by Crippen LogP contribution is 2.22. The number of aromatic nitrogens is 2. The van der Waals surface area contributed by atoms with Crippen molar-refractivity contribution in [1.82, 2.24) is 15.1 Å². The molecule has 1 amide bonds. The van der Waals surface area contributed by atoms with Crippen molar-refractivity contribution in [2.75, 3.05) is 26.3 Å². The number of hydrogen-bond acceptors (Lipinski definition) is 5. The monoisotopic (exact) mass is 367 g/mol. The second kappa shape index (κ2) is 8.48. The zero-order valence-electron chi connectivity index (χ0n) is 15.4. The maximum atomic E-state index is 12.5. The minimum Gasteiger partial charge on any atom is -0.476 e. The van der Waals surface area contributed by atoms with Gasteiger partial charge >= 0.3 is 0 Å².